The minimum Gasteiger partial charge on any atom is -0.462 e. The summed E-state index contributed by atoms with van der Waals surface area (Å²) in [5.41, 5.74) is 5.39. The highest BCUT2D eigenvalue weighted by Crippen LogP contribution is 2.43. The fourth-order valence-electron chi connectivity index (χ4n) is 9.68. The Labute approximate surface area is 523 Å². The second-order valence-electron chi connectivity index (χ2n) is 23.0. The summed E-state index contributed by atoms with van der Waals surface area (Å²) in [4.78, 5) is 35.3. The quantitative estimate of drug-likeness (QED) is 0.0264. The van der Waals surface area contributed by atoms with E-state index in [1.807, 2.05) is 0 Å². The average Bonchev–Trinajstić information content (AvgIpc) is 3.53. The number of carbonyl (C=O) groups is 2. The number of ether oxygens (including phenoxy) is 2. The molecule has 0 amide bonds. The van der Waals surface area contributed by atoms with Gasteiger partial charge in [0.2, 0.25) is 0 Å². The zero-order valence-corrected chi connectivity index (χ0v) is 55.7. The summed E-state index contributed by atoms with van der Waals surface area (Å²) in [6.07, 6.45) is 97.4. The first-order chi connectivity index (χ1) is 41.8. The largest absolute Gasteiger partial charge is 0.472 e. The van der Waals surface area contributed by atoms with Gasteiger partial charge in [0, 0.05) is 19.4 Å². The predicted octanol–water partition coefficient (Wildman–Crippen LogP) is 23.1. The first-order valence-corrected chi connectivity index (χ1v) is 36.5. The van der Waals surface area contributed by atoms with Crippen LogP contribution in [-0.4, -0.2) is 49.3 Å². The van der Waals surface area contributed by atoms with Crippen molar-refractivity contribution < 1.29 is 37.6 Å². The number of unbranched alkanes of at least 4 members (excludes halogenated alkanes) is 32. The van der Waals surface area contributed by atoms with Gasteiger partial charge >= 0.3 is 19.8 Å². The highest BCUT2D eigenvalue weighted by molar-refractivity contribution is 7.47. The van der Waals surface area contributed by atoms with Crippen LogP contribution in [0.1, 0.15) is 309 Å². The molecule has 0 rings (SSSR count). The van der Waals surface area contributed by atoms with Crippen LogP contribution in [0, 0.1) is 0 Å². The second-order valence-corrected chi connectivity index (χ2v) is 24.5. The van der Waals surface area contributed by atoms with Crippen LogP contribution in [0.25, 0.3) is 0 Å². The molecular formula is C75H130NO8P. The van der Waals surface area contributed by atoms with Crippen LogP contribution in [0.15, 0.2) is 122 Å². The fourth-order valence-corrected chi connectivity index (χ4v) is 10.5. The number of hydrogen-bond donors (Lipinski definition) is 2. The Kier molecular flexibility index (Phi) is 66.6. The van der Waals surface area contributed by atoms with Gasteiger partial charge < -0.3 is 20.1 Å². The van der Waals surface area contributed by atoms with E-state index in [0.717, 1.165) is 89.9 Å². The molecule has 0 aliphatic carbocycles. The predicted molar refractivity (Wildman–Crippen MR) is 367 cm³/mol. The van der Waals surface area contributed by atoms with E-state index >= 15 is 0 Å². The molecule has 0 bridgehead atoms. The standard InChI is InChI=1S/C75H130NO8P/c1-3-5-7-9-11-13-15-17-19-21-23-25-27-29-31-32-33-34-35-36-37-38-39-40-42-43-45-47-49-51-53-55-57-59-61-63-65-67-74(77)81-71-73(72-83-85(79,80)82-70-69-76)84-75(78)68-66-64-62-60-58-56-54-52-50-48-46-44-41-30-28-26-24-22-20-18-16-14-12-10-8-6-4-2/h6,8,12,14-15,17-18,20-21,23-24,26,30,41,46,48,52,54,58,60,73H,3-5,7,9-11,13,16,19,22,25,27-29,31-40,42-45,47,49-51,53,55-57,59,61-72,76H2,1-2H3,(H,79,80)/b8-6-,14-12-,17-15-,20-18-,23-21-,26-24-,41-30-,48-46-,54-52-,60-58-. The van der Waals surface area contributed by atoms with E-state index in [9.17, 15) is 19.0 Å². The van der Waals surface area contributed by atoms with Gasteiger partial charge in [0.25, 0.3) is 0 Å². The molecule has 2 unspecified atom stereocenters. The van der Waals surface area contributed by atoms with Crippen LogP contribution in [0.5, 0.6) is 0 Å². The third-order valence-electron chi connectivity index (χ3n) is 14.8. The van der Waals surface area contributed by atoms with Gasteiger partial charge in [-0.3, -0.25) is 18.6 Å². The molecule has 0 aromatic rings. The van der Waals surface area contributed by atoms with Gasteiger partial charge in [-0.2, -0.15) is 0 Å². The van der Waals surface area contributed by atoms with Gasteiger partial charge in [0.15, 0.2) is 6.10 Å². The van der Waals surface area contributed by atoms with Crippen molar-refractivity contribution >= 4 is 19.8 Å². The molecule has 0 spiro atoms. The maximum atomic E-state index is 12.7. The van der Waals surface area contributed by atoms with E-state index < -0.39 is 32.5 Å². The van der Waals surface area contributed by atoms with Gasteiger partial charge in [0.1, 0.15) is 6.61 Å². The van der Waals surface area contributed by atoms with Crippen LogP contribution in [-0.2, 0) is 32.7 Å². The number of rotatable bonds is 65. The summed E-state index contributed by atoms with van der Waals surface area (Å²) >= 11 is 0. The molecule has 3 N–H and O–H groups in total. The molecular weight excluding hydrogens is 1070 g/mol. The van der Waals surface area contributed by atoms with E-state index in [1.165, 1.54) is 186 Å². The molecule has 9 nitrogen and oxygen atoms in total. The van der Waals surface area contributed by atoms with E-state index in [1.54, 1.807) is 0 Å². The second kappa shape index (κ2) is 69.5. The zero-order valence-electron chi connectivity index (χ0n) is 54.8. The van der Waals surface area contributed by atoms with Crippen LogP contribution in [0.3, 0.4) is 0 Å². The minimum atomic E-state index is -4.41. The summed E-state index contributed by atoms with van der Waals surface area (Å²) in [5, 5.41) is 0. The van der Waals surface area contributed by atoms with Crippen molar-refractivity contribution in [2.45, 2.75) is 315 Å². The summed E-state index contributed by atoms with van der Waals surface area (Å²) in [7, 11) is -4.41. The van der Waals surface area contributed by atoms with E-state index in [0.29, 0.717) is 6.42 Å². The Morgan fingerprint density at radius 3 is 0.988 bits per heavy atom. The molecule has 0 aromatic carbocycles. The number of phosphoric ester groups is 1. The molecule has 0 aliphatic heterocycles. The Morgan fingerprint density at radius 1 is 0.365 bits per heavy atom. The molecule has 85 heavy (non-hydrogen) atoms. The number of carbonyl (C=O) groups excluding carboxylic acids is 2. The van der Waals surface area contributed by atoms with Gasteiger partial charge in [0.05, 0.1) is 13.2 Å². The lowest BCUT2D eigenvalue weighted by atomic mass is 10.0. The van der Waals surface area contributed by atoms with Crippen LogP contribution in [0.4, 0.5) is 0 Å². The lowest BCUT2D eigenvalue weighted by molar-refractivity contribution is -0.161. The Balaban J connectivity index is 3.91. The van der Waals surface area contributed by atoms with Crippen molar-refractivity contribution in [3.05, 3.63) is 122 Å². The molecule has 0 fully saturated rings. The summed E-state index contributed by atoms with van der Waals surface area (Å²) < 4.78 is 33.1. The summed E-state index contributed by atoms with van der Waals surface area (Å²) in [6, 6.07) is 0. The molecule has 0 radical (unpaired) electrons. The van der Waals surface area contributed by atoms with Crippen molar-refractivity contribution in [2.75, 3.05) is 26.4 Å². The number of hydrogen-bond acceptors (Lipinski definition) is 8. The minimum absolute atomic E-state index is 0.0411. The number of nitrogens with two attached hydrogens (primary N) is 1. The van der Waals surface area contributed by atoms with Gasteiger partial charge in [-0.05, 0) is 109 Å². The van der Waals surface area contributed by atoms with E-state index in [4.69, 9.17) is 24.3 Å². The number of esters is 2. The third-order valence-corrected chi connectivity index (χ3v) is 15.8. The number of allylic oxidation sites excluding steroid dienone is 20. The van der Waals surface area contributed by atoms with Gasteiger partial charge in [-0.25, -0.2) is 4.57 Å². The Bertz CT molecular complexity index is 1810. The molecule has 488 valence electrons. The SMILES string of the molecule is CC/C=C\C/C=C\C/C=C\C/C=C\C/C=C\C/C=C\C/C=C\C/C=C\CCCCC(=O)OC(COC(=O)CCCCCCCCCCCCCCCCCCCCCCCCCCC/C=C\C/C=C\CCCCCCC)COP(=O)(O)OCCN. The van der Waals surface area contributed by atoms with Gasteiger partial charge in [-0.1, -0.05) is 309 Å². The van der Waals surface area contributed by atoms with Crippen molar-refractivity contribution in [2.24, 2.45) is 5.73 Å². The molecule has 0 aromatic heterocycles. The highest BCUT2D eigenvalue weighted by Gasteiger charge is 2.26. The molecule has 2 atom stereocenters. The van der Waals surface area contributed by atoms with Gasteiger partial charge in [-0.15, -0.1) is 0 Å². The normalized spacial score (nSPS) is 13.7. The topological polar surface area (TPSA) is 134 Å². The maximum Gasteiger partial charge on any atom is 0.472 e. The smallest absolute Gasteiger partial charge is 0.462 e. The summed E-state index contributed by atoms with van der Waals surface area (Å²) in [6.45, 7) is 3.59. The molecule has 10 heteroatoms. The zero-order chi connectivity index (χ0) is 61.6. The van der Waals surface area contributed by atoms with E-state index in [-0.39, 0.29) is 32.6 Å². The first kappa shape index (κ1) is 81.4. The monoisotopic (exact) mass is 1200 g/mol. The van der Waals surface area contributed by atoms with E-state index in [2.05, 4.69) is 135 Å². The lowest BCUT2D eigenvalue weighted by Crippen LogP contribution is -2.29. The lowest BCUT2D eigenvalue weighted by Gasteiger charge is -2.19. The van der Waals surface area contributed by atoms with Crippen molar-refractivity contribution in [1.29, 1.82) is 0 Å². The molecule has 0 aliphatic rings. The third kappa shape index (κ3) is 69.4. The Morgan fingerprint density at radius 2 is 0.647 bits per heavy atom. The van der Waals surface area contributed by atoms with Crippen molar-refractivity contribution in [3.8, 4) is 0 Å². The van der Waals surface area contributed by atoms with Crippen LogP contribution < -0.4 is 5.73 Å². The molecule has 0 saturated carbocycles. The van der Waals surface area contributed by atoms with Crippen molar-refractivity contribution in [3.63, 3.8) is 0 Å². The molecule has 0 saturated heterocycles. The maximum absolute atomic E-state index is 12.7. The van der Waals surface area contributed by atoms with Crippen LogP contribution in [0.2, 0.25) is 0 Å². The highest BCUT2D eigenvalue weighted by atomic mass is 31.2. The average molecular weight is 1200 g/mol. The fraction of sp³-hybridized carbons (Fsp3) is 0.707. The Hall–Kier alpha value is -3.59. The first-order valence-electron chi connectivity index (χ1n) is 35.0. The summed E-state index contributed by atoms with van der Waals surface area (Å²) in [5.74, 6) is -0.876. The van der Waals surface area contributed by atoms with Crippen molar-refractivity contribution in [1.82, 2.24) is 0 Å². The number of phosphoric acid groups is 1. The van der Waals surface area contributed by atoms with Crippen LogP contribution >= 0.6 is 7.82 Å². The molecule has 0 heterocycles.